The molecule has 0 saturated heterocycles. The summed E-state index contributed by atoms with van der Waals surface area (Å²) in [5.41, 5.74) is 4.40. The minimum absolute atomic E-state index is 0.0687. The molecule has 3 heterocycles. The fourth-order valence-corrected chi connectivity index (χ4v) is 5.53. The Morgan fingerprint density at radius 1 is 1.23 bits per heavy atom. The summed E-state index contributed by atoms with van der Waals surface area (Å²) in [6.45, 7) is 8.70. The molecule has 2 aliphatic rings. The third-order valence-electron chi connectivity index (χ3n) is 6.53. The maximum absolute atomic E-state index is 5.72. The molecule has 7 nitrogen and oxygen atoms in total. The smallest absolute Gasteiger partial charge is 0.266 e. The van der Waals surface area contributed by atoms with Crippen molar-refractivity contribution in [2.24, 2.45) is 13.0 Å². The van der Waals surface area contributed by atoms with Crippen LogP contribution in [0.15, 0.2) is 15.1 Å². The SMILES string of the molecule is Cc1nnc(-c2c3c(nn2C)C2(C)Cc4cnoc4C(C)(C)[C@@H]2CC3)o1. The summed E-state index contributed by atoms with van der Waals surface area (Å²) < 4.78 is 13.3. The standard InChI is InChI=1S/C19H23N5O2/c1-10-21-22-17(25-10)14-12-6-7-13-18(2,3)16-11(9-20-26-16)8-19(13,4)15(12)23-24(14)5/h9,13H,6-8H2,1-5H3/t13-,19?/m0/s1. The van der Waals surface area contributed by atoms with Crippen LogP contribution in [0, 0.1) is 12.8 Å². The predicted molar refractivity (Wildman–Crippen MR) is 93.6 cm³/mol. The van der Waals surface area contributed by atoms with Gasteiger partial charge in [0.2, 0.25) is 5.89 Å². The van der Waals surface area contributed by atoms with Gasteiger partial charge in [-0.15, -0.1) is 10.2 Å². The molecule has 0 saturated carbocycles. The van der Waals surface area contributed by atoms with Crippen LogP contribution in [0.4, 0.5) is 0 Å². The highest BCUT2D eigenvalue weighted by atomic mass is 16.5. The van der Waals surface area contributed by atoms with Gasteiger partial charge in [0.15, 0.2) is 0 Å². The lowest BCUT2D eigenvalue weighted by atomic mass is 9.51. The van der Waals surface area contributed by atoms with Gasteiger partial charge in [-0.05, 0) is 25.2 Å². The first-order chi connectivity index (χ1) is 12.3. The van der Waals surface area contributed by atoms with Crippen molar-refractivity contribution < 1.29 is 8.94 Å². The average Bonchev–Trinajstić information content (AvgIpc) is 3.26. The largest absolute Gasteiger partial charge is 0.420 e. The second-order valence-electron chi connectivity index (χ2n) is 8.51. The van der Waals surface area contributed by atoms with E-state index in [4.69, 9.17) is 14.0 Å². The van der Waals surface area contributed by atoms with Gasteiger partial charge in [0.05, 0.1) is 11.9 Å². The van der Waals surface area contributed by atoms with Crippen LogP contribution < -0.4 is 0 Å². The Bertz CT molecular complexity index is 1010. The summed E-state index contributed by atoms with van der Waals surface area (Å²) in [6.07, 6.45) is 4.79. The molecule has 0 aromatic carbocycles. The highest BCUT2D eigenvalue weighted by Gasteiger charge is 2.56. The monoisotopic (exact) mass is 353 g/mol. The summed E-state index contributed by atoms with van der Waals surface area (Å²) >= 11 is 0. The van der Waals surface area contributed by atoms with Gasteiger partial charge in [0, 0.05) is 35.9 Å². The third kappa shape index (κ3) is 1.83. The van der Waals surface area contributed by atoms with Gasteiger partial charge < -0.3 is 8.94 Å². The zero-order valence-corrected chi connectivity index (χ0v) is 15.8. The van der Waals surface area contributed by atoms with E-state index < -0.39 is 0 Å². The van der Waals surface area contributed by atoms with Gasteiger partial charge in [0.1, 0.15) is 11.5 Å². The molecule has 2 atom stereocenters. The zero-order valence-electron chi connectivity index (χ0n) is 15.8. The van der Waals surface area contributed by atoms with Gasteiger partial charge in [-0.2, -0.15) is 5.10 Å². The number of hydrogen-bond donors (Lipinski definition) is 0. The van der Waals surface area contributed by atoms with Gasteiger partial charge in [-0.1, -0.05) is 25.9 Å². The van der Waals surface area contributed by atoms with E-state index in [0.717, 1.165) is 36.4 Å². The van der Waals surface area contributed by atoms with E-state index in [1.165, 1.54) is 11.1 Å². The second-order valence-corrected chi connectivity index (χ2v) is 8.51. The molecule has 7 heteroatoms. The highest BCUT2D eigenvalue weighted by Crippen LogP contribution is 2.56. The van der Waals surface area contributed by atoms with E-state index in [9.17, 15) is 0 Å². The van der Waals surface area contributed by atoms with Crippen LogP contribution in [-0.2, 0) is 30.7 Å². The summed E-state index contributed by atoms with van der Waals surface area (Å²) in [4.78, 5) is 0. The lowest BCUT2D eigenvalue weighted by Gasteiger charge is -2.51. The van der Waals surface area contributed by atoms with Crippen molar-refractivity contribution >= 4 is 0 Å². The first kappa shape index (κ1) is 15.8. The van der Waals surface area contributed by atoms with Crippen LogP contribution in [0.2, 0.25) is 0 Å². The molecule has 3 aromatic rings. The number of fused-ring (bicyclic) bond motifs is 4. The molecule has 0 spiro atoms. The van der Waals surface area contributed by atoms with Crippen molar-refractivity contribution in [3.05, 3.63) is 34.7 Å². The highest BCUT2D eigenvalue weighted by molar-refractivity contribution is 5.58. The molecule has 0 N–H and O–H groups in total. The molecule has 5 rings (SSSR count). The van der Waals surface area contributed by atoms with Crippen LogP contribution >= 0.6 is 0 Å². The topological polar surface area (TPSA) is 82.8 Å². The fourth-order valence-electron chi connectivity index (χ4n) is 5.53. The molecule has 0 bridgehead atoms. The molecular weight excluding hydrogens is 330 g/mol. The van der Waals surface area contributed by atoms with Crippen LogP contribution in [-0.4, -0.2) is 25.1 Å². The first-order valence-corrected chi connectivity index (χ1v) is 9.13. The van der Waals surface area contributed by atoms with Crippen LogP contribution in [0.3, 0.4) is 0 Å². The fraction of sp³-hybridized carbons (Fsp3) is 0.579. The van der Waals surface area contributed by atoms with Crippen LogP contribution in [0.25, 0.3) is 11.6 Å². The lowest BCUT2D eigenvalue weighted by molar-refractivity contribution is 0.109. The van der Waals surface area contributed by atoms with Gasteiger partial charge in [-0.25, -0.2) is 0 Å². The van der Waals surface area contributed by atoms with Crippen molar-refractivity contribution in [3.8, 4) is 11.6 Å². The number of aromatic nitrogens is 5. The molecule has 136 valence electrons. The summed E-state index contributed by atoms with van der Waals surface area (Å²) in [6, 6.07) is 0. The molecule has 3 aromatic heterocycles. The molecule has 0 amide bonds. The quantitative estimate of drug-likeness (QED) is 0.668. The maximum Gasteiger partial charge on any atom is 0.266 e. The van der Waals surface area contributed by atoms with Crippen molar-refractivity contribution in [3.63, 3.8) is 0 Å². The molecule has 2 aliphatic carbocycles. The number of aryl methyl sites for hydroxylation is 2. The number of rotatable bonds is 1. The van der Waals surface area contributed by atoms with Gasteiger partial charge in [0.25, 0.3) is 5.89 Å². The molecular formula is C19H23N5O2. The van der Waals surface area contributed by atoms with E-state index in [1.54, 1.807) is 0 Å². The lowest BCUT2D eigenvalue weighted by Crippen LogP contribution is -2.51. The van der Waals surface area contributed by atoms with E-state index in [0.29, 0.717) is 17.7 Å². The summed E-state index contributed by atoms with van der Waals surface area (Å²) in [5.74, 6) is 2.60. The Morgan fingerprint density at radius 3 is 2.77 bits per heavy atom. The maximum atomic E-state index is 5.72. The Kier molecular flexibility index (Phi) is 2.94. The normalized spacial score (nSPS) is 26.3. The van der Waals surface area contributed by atoms with Gasteiger partial charge in [-0.3, -0.25) is 4.68 Å². The van der Waals surface area contributed by atoms with E-state index in [-0.39, 0.29) is 10.8 Å². The minimum atomic E-state index is -0.0741. The van der Waals surface area contributed by atoms with Gasteiger partial charge >= 0.3 is 0 Å². The molecule has 0 radical (unpaired) electrons. The minimum Gasteiger partial charge on any atom is -0.420 e. The molecule has 0 aliphatic heterocycles. The Balaban J connectivity index is 1.71. The summed E-state index contributed by atoms with van der Waals surface area (Å²) in [5, 5.41) is 17.3. The van der Waals surface area contributed by atoms with Crippen molar-refractivity contribution in [1.29, 1.82) is 0 Å². The first-order valence-electron chi connectivity index (χ1n) is 9.13. The van der Waals surface area contributed by atoms with Crippen molar-refractivity contribution in [2.45, 2.75) is 57.8 Å². The van der Waals surface area contributed by atoms with E-state index in [1.807, 2.05) is 24.9 Å². The predicted octanol–water partition coefficient (Wildman–Crippen LogP) is 3.12. The average molecular weight is 353 g/mol. The summed E-state index contributed by atoms with van der Waals surface area (Å²) in [7, 11) is 1.96. The molecule has 0 fully saturated rings. The molecule has 1 unspecified atom stereocenters. The Morgan fingerprint density at radius 2 is 2.04 bits per heavy atom. The number of nitrogens with zero attached hydrogens (tertiary/aromatic N) is 5. The van der Waals surface area contributed by atoms with Crippen LogP contribution in [0.5, 0.6) is 0 Å². The van der Waals surface area contributed by atoms with Crippen molar-refractivity contribution in [1.82, 2.24) is 25.1 Å². The van der Waals surface area contributed by atoms with E-state index >= 15 is 0 Å². The Labute approximate surface area is 151 Å². The number of hydrogen-bond acceptors (Lipinski definition) is 6. The third-order valence-corrected chi connectivity index (χ3v) is 6.53. The Hall–Kier alpha value is -2.44. The zero-order chi connectivity index (χ0) is 18.3. The second kappa shape index (κ2) is 4.84. The van der Waals surface area contributed by atoms with E-state index in [2.05, 4.69) is 36.1 Å². The van der Waals surface area contributed by atoms with Crippen molar-refractivity contribution in [2.75, 3.05) is 0 Å². The van der Waals surface area contributed by atoms with Crippen LogP contribution in [0.1, 0.15) is 55.7 Å². The molecule has 26 heavy (non-hydrogen) atoms.